The molecule has 2 nitrogen and oxygen atoms in total. The van der Waals surface area contributed by atoms with Crippen LogP contribution in [0.5, 0.6) is 0 Å². The van der Waals surface area contributed by atoms with Gasteiger partial charge in [0.15, 0.2) is 0 Å². The Labute approximate surface area is 75.1 Å². The maximum atomic E-state index is 5.65. The minimum Gasteiger partial charge on any atom is -0.329 e. The van der Waals surface area contributed by atoms with Gasteiger partial charge in [0, 0.05) is 25.7 Å². The Morgan fingerprint density at radius 1 is 1.42 bits per heavy atom. The predicted octanol–water partition coefficient (Wildman–Crippen LogP) is 1.07. The molecule has 2 heteroatoms. The zero-order valence-electron chi connectivity index (χ0n) is 8.00. The smallest absolute Gasteiger partial charge is 0.0230 e. The molecule has 3 atom stereocenters. The van der Waals surface area contributed by atoms with E-state index >= 15 is 0 Å². The molecule has 0 aromatic rings. The molecule has 0 amide bonds. The monoisotopic (exact) mass is 168 g/mol. The first-order chi connectivity index (χ1) is 5.85. The van der Waals surface area contributed by atoms with Gasteiger partial charge in [-0.15, -0.1) is 0 Å². The highest BCUT2D eigenvalue weighted by atomic mass is 15.2. The van der Waals surface area contributed by atoms with Crippen molar-refractivity contribution in [1.82, 2.24) is 4.90 Å². The molecule has 0 spiro atoms. The molecular formula is C10H20N2. The first-order valence-electron chi connectivity index (χ1n) is 5.29. The van der Waals surface area contributed by atoms with E-state index in [1.165, 1.54) is 32.4 Å². The van der Waals surface area contributed by atoms with Gasteiger partial charge in [0.1, 0.15) is 0 Å². The van der Waals surface area contributed by atoms with Crippen LogP contribution in [0, 0.1) is 11.8 Å². The van der Waals surface area contributed by atoms with Gasteiger partial charge in [-0.2, -0.15) is 0 Å². The van der Waals surface area contributed by atoms with E-state index in [0.717, 1.165) is 24.4 Å². The zero-order valence-corrected chi connectivity index (χ0v) is 8.00. The molecular weight excluding hydrogens is 148 g/mol. The summed E-state index contributed by atoms with van der Waals surface area (Å²) >= 11 is 0. The van der Waals surface area contributed by atoms with E-state index in [0.29, 0.717) is 0 Å². The third-order valence-electron chi connectivity index (χ3n) is 3.60. The van der Waals surface area contributed by atoms with Crippen LogP contribution in [0.1, 0.15) is 26.2 Å². The lowest BCUT2D eigenvalue weighted by Gasteiger charge is -2.40. The molecule has 0 bridgehead atoms. The molecule has 2 fully saturated rings. The minimum absolute atomic E-state index is 0.725. The fourth-order valence-corrected chi connectivity index (χ4v) is 2.34. The summed E-state index contributed by atoms with van der Waals surface area (Å²) in [5.41, 5.74) is 5.65. The molecule has 1 heterocycles. The van der Waals surface area contributed by atoms with Gasteiger partial charge in [0.25, 0.3) is 0 Å². The zero-order chi connectivity index (χ0) is 8.55. The summed E-state index contributed by atoms with van der Waals surface area (Å²) < 4.78 is 0. The molecule has 12 heavy (non-hydrogen) atoms. The molecule has 2 rings (SSSR count). The van der Waals surface area contributed by atoms with Crippen LogP contribution in [-0.2, 0) is 0 Å². The van der Waals surface area contributed by atoms with Crippen LogP contribution in [0.25, 0.3) is 0 Å². The van der Waals surface area contributed by atoms with E-state index < -0.39 is 0 Å². The number of hydrogen-bond acceptors (Lipinski definition) is 2. The second-order valence-corrected chi connectivity index (χ2v) is 4.34. The van der Waals surface area contributed by atoms with Crippen LogP contribution < -0.4 is 5.73 Å². The van der Waals surface area contributed by atoms with Crippen molar-refractivity contribution < 1.29 is 0 Å². The predicted molar refractivity (Wildman–Crippen MR) is 50.9 cm³/mol. The quantitative estimate of drug-likeness (QED) is 0.680. The number of nitrogens with two attached hydrogens (primary N) is 1. The lowest BCUT2D eigenvalue weighted by atomic mass is 10.0. The lowest BCUT2D eigenvalue weighted by molar-refractivity contribution is 0.0891. The van der Waals surface area contributed by atoms with Crippen LogP contribution in [0.4, 0.5) is 0 Å². The highest BCUT2D eigenvalue weighted by Crippen LogP contribution is 2.42. The van der Waals surface area contributed by atoms with Crippen molar-refractivity contribution in [2.45, 2.75) is 32.2 Å². The topological polar surface area (TPSA) is 29.3 Å². The Morgan fingerprint density at radius 3 is 2.67 bits per heavy atom. The largest absolute Gasteiger partial charge is 0.329 e. The van der Waals surface area contributed by atoms with E-state index in [1.807, 2.05) is 0 Å². The molecule has 0 aromatic heterocycles. The van der Waals surface area contributed by atoms with Crippen LogP contribution in [0.2, 0.25) is 0 Å². The van der Waals surface area contributed by atoms with Crippen molar-refractivity contribution in [2.75, 3.05) is 19.6 Å². The number of nitrogens with zero attached hydrogens (tertiary/aromatic N) is 1. The summed E-state index contributed by atoms with van der Waals surface area (Å²) in [6.07, 6.45) is 4.19. The molecule has 2 aliphatic rings. The van der Waals surface area contributed by atoms with Crippen molar-refractivity contribution in [3.05, 3.63) is 0 Å². The van der Waals surface area contributed by atoms with Gasteiger partial charge in [-0.05, 0) is 24.7 Å². The Kier molecular flexibility index (Phi) is 2.37. The van der Waals surface area contributed by atoms with Gasteiger partial charge in [-0.1, -0.05) is 13.3 Å². The maximum absolute atomic E-state index is 5.65. The molecule has 1 unspecified atom stereocenters. The second kappa shape index (κ2) is 3.35. The van der Waals surface area contributed by atoms with Crippen LogP contribution in [-0.4, -0.2) is 30.6 Å². The molecule has 1 aliphatic heterocycles. The van der Waals surface area contributed by atoms with E-state index in [2.05, 4.69) is 11.8 Å². The van der Waals surface area contributed by atoms with Gasteiger partial charge < -0.3 is 5.73 Å². The molecule has 0 aromatic carbocycles. The Balaban J connectivity index is 1.68. The molecule has 2 N–H and O–H groups in total. The summed E-state index contributed by atoms with van der Waals surface area (Å²) in [5, 5.41) is 0. The first-order valence-corrected chi connectivity index (χ1v) is 5.29. The highest BCUT2D eigenvalue weighted by molar-refractivity contribution is 4.92. The number of hydrogen-bond donors (Lipinski definition) is 1. The van der Waals surface area contributed by atoms with E-state index in [-0.39, 0.29) is 0 Å². The second-order valence-electron chi connectivity index (χ2n) is 4.34. The third-order valence-corrected chi connectivity index (χ3v) is 3.60. The first kappa shape index (κ1) is 8.52. The highest BCUT2D eigenvalue weighted by Gasteiger charge is 2.39. The van der Waals surface area contributed by atoms with Gasteiger partial charge in [-0.3, -0.25) is 4.90 Å². The lowest BCUT2D eigenvalue weighted by Crippen LogP contribution is -2.52. The molecule has 1 saturated carbocycles. The fourth-order valence-electron chi connectivity index (χ4n) is 2.34. The van der Waals surface area contributed by atoms with Gasteiger partial charge >= 0.3 is 0 Å². The summed E-state index contributed by atoms with van der Waals surface area (Å²) in [4.78, 5) is 2.57. The third kappa shape index (κ3) is 1.50. The number of likely N-dealkylation sites (tertiary alicyclic amines) is 1. The average Bonchev–Trinajstić information content (AvgIpc) is 2.78. The van der Waals surface area contributed by atoms with E-state index in [1.54, 1.807) is 0 Å². The summed E-state index contributed by atoms with van der Waals surface area (Å²) in [6, 6.07) is 0.725. The van der Waals surface area contributed by atoms with Crippen molar-refractivity contribution in [3.8, 4) is 0 Å². The van der Waals surface area contributed by atoms with Crippen molar-refractivity contribution in [1.29, 1.82) is 0 Å². The molecule has 0 radical (unpaired) electrons. The average molecular weight is 168 g/mol. The van der Waals surface area contributed by atoms with Crippen molar-refractivity contribution in [2.24, 2.45) is 17.6 Å². The molecule has 70 valence electrons. The van der Waals surface area contributed by atoms with Gasteiger partial charge in [-0.25, -0.2) is 0 Å². The van der Waals surface area contributed by atoms with Crippen LogP contribution in [0.15, 0.2) is 0 Å². The van der Waals surface area contributed by atoms with Crippen molar-refractivity contribution in [3.63, 3.8) is 0 Å². The summed E-state index contributed by atoms with van der Waals surface area (Å²) in [6.45, 7) is 5.81. The van der Waals surface area contributed by atoms with Crippen molar-refractivity contribution >= 4 is 0 Å². The van der Waals surface area contributed by atoms with E-state index in [9.17, 15) is 0 Å². The Hall–Kier alpha value is -0.0800. The molecule has 1 saturated heterocycles. The fraction of sp³-hybridized carbons (Fsp3) is 1.00. The van der Waals surface area contributed by atoms with Crippen LogP contribution >= 0.6 is 0 Å². The normalized spacial score (nSPS) is 41.0. The standard InChI is InChI=1S/C10H20N2/c1-2-8-5-9(8)7-12-4-3-10(12)6-11/h8-10H,2-7,11H2,1H3/t8-,9+,10?/m1/s1. The molecule has 1 aliphatic carbocycles. The Bertz CT molecular complexity index is 156. The number of rotatable bonds is 4. The minimum atomic E-state index is 0.725. The summed E-state index contributed by atoms with van der Waals surface area (Å²) in [7, 11) is 0. The Morgan fingerprint density at radius 2 is 2.25 bits per heavy atom. The maximum Gasteiger partial charge on any atom is 0.0230 e. The van der Waals surface area contributed by atoms with Crippen LogP contribution in [0.3, 0.4) is 0 Å². The summed E-state index contributed by atoms with van der Waals surface area (Å²) in [5.74, 6) is 2.06. The van der Waals surface area contributed by atoms with Gasteiger partial charge in [0.05, 0.1) is 0 Å². The van der Waals surface area contributed by atoms with Gasteiger partial charge in [0.2, 0.25) is 0 Å². The SMILES string of the molecule is CC[C@@H]1C[C@H]1CN1CCC1CN. The van der Waals surface area contributed by atoms with E-state index in [4.69, 9.17) is 5.73 Å².